The Kier molecular flexibility index (Phi) is 63.8. The molecule has 110 heavy (non-hydrogen) atoms. The van der Waals surface area contributed by atoms with E-state index in [9.17, 15) is 61.0 Å². The molecule has 17 atom stereocenters. The molecule has 3 rings (SSSR count). The molecule has 636 valence electrons. The molecule has 1 amide bonds. The molecule has 19 heteroatoms. The third-order valence-electron chi connectivity index (χ3n) is 21.3. The van der Waals surface area contributed by atoms with E-state index in [0.29, 0.717) is 12.8 Å². The number of amides is 1. The van der Waals surface area contributed by atoms with Gasteiger partial charge in [-0.1, -0.05) is 335 Å². The minimum Gasteiger partial charge on any atom is -0.394 e. The van der Waals surface area contributed by atoms with Gasteiger partial charge >= 0.3 is 0 Å². The molecule has 3 saturated heterocycles. The number of allylic oxidation sites excluding steroid dienone is 17. The fourth-order valence-electron chi connectivity index (χ4n) is 14.3. The minimum absolute atomic E-state index is 0.227. The highest BCUT2D eigenvalue weighted by Crippen LogP contribution is 2.33. The quantitative estimate of drug-likeness (QED) is 0.0199. The molecule has 17 unspecified atom stereocenters. The molecular formula is C91H159NO18. The summed E-state index contributed by atoms with van der Waals surface area (Å²) in [6.07, 6.45) is 70.9. The lowest BCUT2D eigenvalue weighted by molar-refractivity contribution is -0.379. The molecule has 3 fully saturated rings. The van der Waals surface area contributed by atoms with Crippen molar-refractivity contribution in [2.45, 2.75) is 433 Å². The number of aliphatic hydroxyl groups is 11. The largest absolute Gasteiger partial charge is 0.394 e. The standard InChI is InChI=1S/C91H159NO18/c1-3-5-7-9-11-13-15-17-19-21-23-25-27-29-31-33-35-36-37-38-39-41-43-45-47-49-51-53-55-57-59-61-63-65-67-69-79(97)92-74(75(96)68-66-64-62-60-58-56-54-52-50-48-46-44-42-40-34-32-30-28-26-24-22-20-18-16-14-12-10-8-6-4-2)73-105-89-85(103)82(100)87(77(71-94)107-89)110-91-86(104)83(101)88(78(72-95)108-91)109-90-84(102)81(99)80(98)76(70-93)106-90/h5,7,11,13,17,19,23,25,29,31,35-36,50,52,58,60,66,68,74-78,80-91,93-96,98-104H,3-4,6,8-10,12,14-16,18,20-22,24,26-28,30,32-34,37-49,51,53-57,59,61-65,67,69-73H2,1-2H3,(H,92,97)/b7-5-,13-11-,19-17-,25-23-,31-29-,36-35-,52-50+,60-58+,68-66+. The number of unbranched alkanes of at least 4 members (excludes halogenated alkanes) is 38. The number of rotatable bonds is 70. The first-order valence-electron chi connectivity index (χ1n) is 44.1. The molecule has 3 aliphatic heterocycles. The molecule has 0 saturated carbocycles. The Morgan fingerprint density at radius 2 is 0.636 bits per heavy atom. The zero-order valence-corrected chi connectivity index (χ0v) is 68.5. The molecule has 0 aromatic heterocycles. The highest BCUT2D eigenvalue weighted by atomic mass is 16.8. The van der Waals surface area contributed by atoms with E-state index in [2.05, 4.69) is 116 Å². The molecule has 19 nitrogen and oxygen atoms in total. The number of carbonyl (C=O) groups excluding carboxylic acids is 1. The van der Waals surface area contributed by atoms with E-state index in [4.69, 9.17) is 28.4 Å². The Hall–Kier alpha value is -3.55. The Morgan fingerprint density at radius 3 is 1.02 bits per heavy atom. The van der Waals surface area contributed by atoms with Crippen LogP contribution in [0.1, 0.15) is 328 Å². The van der Waals surface area contributed by atoms with Crippen molar-refractivity contribution in [1.82, 2.24) is 5.32 Å². The van der Waals surface area contributed by atoms with Crippen molar-refractivity contribution < 1.29 is 89.4 Å². The van der Waals surface area contributed by atoms with Gasteiger partial charge < -0.3 is 89.9 Å². The van der Waals surface area contributed by atoms with E-state index < -0.39 is 124 Å². The Labute approximate surface area is 665 Å². The van der Waals surface area contributed by atoms with Gasteiger partial charge in [-0.2, -0.15) is 0 Å². The van der Waals surface area contributed by atoms with Crippen LogP contribution in [0, 0.1) is 0 Å². The van der Waals surface area contributed by atoms with Gasteiger partial charge in [-0.25, -0.2) is 0 Å². The number of aliphatic hydroxyl groups excluding tert-OH is 11. The van der Waals surface area contributed by atoms with Gasteiger partial charge in [0.1, 0.15) is 73.2 Å². The molecule has 0 spiro atoms. The summed E-state index contributed by atoms with van der Waals surface area (Å²) in [5, 5.41) is 121. The summed E-state index contributed by atoms with van der Waals surface area (Å²) in [5.41, 5.74) is 0. The van der Waals surface area contributed by atoms with Crippen molar-refractivity contribution in [1.29, 1.82) is 0 Å². The fraction of sp³-hybridized carbons (Fsp3) is 0.791. The van der Waals surface area contributed by atoms with E-state index in [0.717, 1.165) is 83.5 Å². The van der Waals surface area contributed by atoms with Gasteiger partial charge in [0.15, 0.2) is 18.9 Å². The van der Waals surface area contributed by atoms with E-state index in [-0.39, 0.29) is 18.9 Å². The van der Waals surface area contributed by atoms with Crippen molar-refractivity contribution in [3.63, 3.8) is 0 Å². The molecule has 0 radical (unpaired) electrons. The monoisotopic (exact) mass is 1550 g/mol. The van der Waals surface area contributed by atoms with Gasteiger partial charge in [-0.05, 0) is 96.3 Å². The van der Waals surface area contributed by atoms with Crippen LogP contribution in [-0.2, 0) is 33.2 Å². The second-order valence-corrected chi connectivity index (χ2v) is 31.0. The molecule has 0 aromatic rings. The number of hydrogen-bond acceptors (Lipinski definition) is 18. The summed E-state index contributed by atoms with van der Waals surface area (Å²) in [6.45, 7) is 1.63. The lowest BCUT2D eigenvalue weighted by Gasteiger charge is -2.48. The molecule has 12 N–H and O–H groups in total. The molecule has 0 aliphatic carbocycles. The maximum Gasteiger partial charge on any atom is 0.220 e. The summed E-state index contributed by atoms with van der Waals surface area (Å²) < 4.78 is 34.5. The van der Waals surface area contributed by atoms with Crippen molar-refractivity contribution in [3.8, 4) is 0 Å². The molecule has 3 aliphatic rings. The second-order valence-electron chi connectivity index (χ2n) is 31.0. The average molecular weight is 1560 g/mol. The van der Waals surface area contributed by atoms with Crippen LogP contribution in [0.25, 0.3) is 0 Å². The zero-order valence-electron chi connectivity index (χ0n) is 68.5. The third kappa shape index (κ3) is 48.1. The normalized spacial score (nSPS) is 25.7. The topological polar surface area (TPSA) is 307 Å². The summed E-state index contributed by atoms with van der Waals surface area (Å²) in [5.74, 6) is -0.289. The van der Waals surface area contributed by atoms with Crippen LogP contribution in [0.15, 0.2) is 109 Å². The lowest BCUT2D eigenvalue weighted by atomic mass is 9.96. The number of carbonyl (C=O) groups is 1. The summed E-state index contributed by atoms with van der Waals surface area (Å²) >= 11 is 0. The SMILES string of the molecule is CC/C=C\C/C=C\C/C=C\C/C=C\C/C=C\C/C=C\CCCCCCCCCCCCCCCCCCC(=O)NC(COC1OC(CO)C(OC2OC(CO)C(OC3OC(CO)C(O)C(O)C3O)C(O)C2O)C(O)C1O)C(O)/C=C/CC/C=C/CC/C=C/CCCCCCCCCCCCCCCCCCCCCC. The minimum atomic E-state index is -1.99. The van der Waals surface area contributed by atoms with Crippen molar-refractivity contribution in [2.24, 2.45) is 0 Å². The van der Waals surface area contributed by atoms with Crippen molar-refractivity contribution in [2.75, 3.05) is 26.4 Å². The van der Waals surface area contributed by atoms with Crippen LogP contribution < -0.4 is 5.32 Å². The maximum absolute atomic E-state index is 13.5. The summed E-state index contributed by atoms with van der Waals surface area (Å²) in [7, 11) is 0. The summed E-state index contributed by atoms with van der Waals surface area (Å²) in [4.78, 5) is 13.5. The van der Waals surface area contributed by atoms with Gasteiger partial charge in [-0.15, -0.1) is 0 Å². The Balaban J connectivity index is 1.35. The number of ether oxygens (including phenoxy) is 6. The van der Waals surface area contributed by atoms with Crippen LogP contribution in [0.3, 0.4) is 0 Å². The van der Waals surface area contributed by atoms with Crippen LogP contribution >= 0.6 is 0 Å². The van der Waals surface area contributed by atoms with Crippen LogP contribution in [0.4, 0.5) is 0 Å². The van der Waals surface area contributed by atoms with Gasteiger partial charge in [-0.3, -0.25) is 4.79 Å². The smallest absolute Gasteiger partial charge is 0.220 e. The average Bonchev–Trinajstić information content (AvgIpc) is 0.795. The van der Waals surface area contributed by atoms with Crippen LogP contribution in [-0.4, -0.2) is 193 Å². The predicted molar refractivity (Wildman–Crippen MR) is 443 cm³/mol. The number of nitrogens with one attached hydrogen (secondary N) is 1. The van der Waals surface area contributed by atoms with E-state index in [1.54, 1.807) is 6.08 Å². The fourth-order valence-corrected chi connectivity index (χ4v) is 14.3. The zero-order chi connectivity index (χ0) is 79.5. The summed E-state index contributed by atoms with van der Waals surface area (Å²) in [6, 6.07) is -1.00. The third-order valence-corrected chi connectivity index (χ3v) is 21.3. The van der Waals surface area contributed by atoms with E-state index in [1.807, 2.05) is 6.08 Å². The Bertz CT molecular complexity index is 2410. The van der Waals surface area contributed by atoms with Gasteiger partial charge in [0.05, 0.1) is 38.6 Å². The second kappa shape index (κ2) is 69.7. The maximum atomic E-state index is 13.5. The highest BCUT2D eigenvalue weighted by molar-refractivity contribution is 5.76. The van der Waals surface area contributed by atoms with Gasteiger partial charge in [0.2, 0.25) is 5.91 Å². The molecule has 0 bridgehead atoms. The van der Waals surface area contributed by atoms with Crippen molar-refractivity contribution in [3.05, 3.63) is 109 Å². The van der Waals surface area contributed by atoms with Gasteiger partial charge in [0.25, 0.3) is 0 Å². The van der Waals surface area contributed by atoms with Crippen LogP contribution in [0.5, 0.6) is 0 Å². The van der Waals surface area contributed by atoms with Gasteiger partial charge in [0, 0.05) is 6.42 Å². The first-order valence-corrected chi connectivity index (χ1v) is 44.1. The molecule has 3 heterocycles. The predicted octanol–water partition coefficient (Wildman–Crippen LogP) is 16.5. The molecule has 0 aromatic carbocycles. The Morgan fingerprint density at radius 1 is 0.336 bits per heavy atom. The van der Waals surface area contributed by atoms with Crippen molar-refractivity contribution >= 4 is 5.91 Å². The first-order chi connectivity index (χ1) is 53.8. The van der Waals surface area contributed by atoms with E-state index in [1.165, 1.54) is 212 Å². The number of hydrogen-bond donors (Lipinski definition) is 12. The van der Waals surface area contributed by atoms with Crippen LogP contribution in [0.2, 0.25) is 0 Å². The van der Waals surface area contributed by atoms with E-state index >= 15 is 0 Å². The first kappa shape index (κ1) is 101. The highest BCUT2D eigenvalue weighted by Gasteiger charge is 2.54. The molecular weight excluding hydrogens is 1390 g/mol. The lowest BCUT2D eigenvalue weighted by Crippen LogP contribution is -2.66.